The lowest BCUT2D eigenvalue weighted by atomic mass is 10.1. The highest BCUT2D eigenvalue weighted by Crippen LogP contribution is 2.22. The van der Waals surface area contributed by atoms with Crippen LogP contribution in [0.25, 0.3) is 11.3 Å². The summed E-state index contributed by atoms with van der Waals surface area (Å²) in [5, 5.41) is 11.8. The van der Waals surface area contributed by atoms with Gasteiger partial charge in [-0.05, 0) is 62.0 Å². The van der Waals surface area contributed by atoms with Gasteiger partial charge in [0.1, 0.15) is 5.75 Å². The first-order valence-corrected chi connectivity index (χ1v) is 11.5. The Morgan fingerprint density at radius 1 is 0.939 bits per heavy atom. The highest BCUT2D eigenvalue weighted by Gasteiger charge is 2.15. The Morgan fingerprint density at radius 3 is 2.30 bits per heavy atom. The van der Waals surface area contributed by atoms with Crippen molar-refractivity contribution in [3.05, 3.63) is 66.2 Å². The lowest BCUT2D eigenvalue weighted by molar-refractivity contribution is 0.102. The predicted octanol–water partition coefficient (Wildman–Crippen LogP) is 4.33. The molecule has 1 aliphatic rings. The molecule has 7 heteroatoms. The molecule has 4 rings (SSSR count). The quantitative estimate of drug-likeness (QED) is 0.521. The van der Waals surface area contributed by atoms with Gasteiger partial charge >= 0.3 is 0 Å². The molecule has 3 aromatic rings. The number of nitrogens with one attached hydrogen (secondary N) is 1. The number of carbonyl (C=O) groups is 1. The summed E-state index contributed by atoms with van der Waals surface area (Å²) in [6.45, 7) is 6.82. The molecule has 2 aromatic carbocycles. The van der Waals surface area contributed by atoms with Crippen LogP contribution in [-0.2, 0) is 0 Å². The molecule has 0 radical (unpaired) electrons. The number of rotatable bonds is 8. The van der Waals surface area contributed by atoms with Crippen molar-refractivity contribution >= 4 is 17.4 Å². The molecule has 0 unspecified atom stereocenters. The number of hydrogen-bond donors (Lipinski definition) is 1. The molecular weight excluding hydrogens is 414 g/mol. The average Bonchev–Trinajstić information content (AvgIpc) is 2.86. The molecule has 7 nitrogen and oxygen atoms in total. The molecule has 0 bridgehead atoms. The first kappa shape index (κ1) is 22.7. The highest BCUT2D eigenvalue weighted by molar-refractivity contribution is 6.04. The van der Waals surface area contributed by atoms with Crippen molar-refractivity contribution < 1.29 is 9.53 Å². The Labute approximate surface area is 195 Å². The second-order valence-corrected chi connectivity index (χ2v) is 8.32. The number of carbonyl (C=O) groups excluding carboxylic acids is 1. The van der Waals surface area contributed by atoms with E-state index in [0.717, 1.165) is 67.5 Å². The van der Waals surface area contributed by atoms with E-state index in [9.17, 15) is 4.79 Å². The van der Waals surface area contributed by atoms with Crippen LogP contribution in [0.2, 0.25) is 0 Å². The summed E-state index contributed by atoms with van der Waals surface area (Å²) < 4.78 is 5.65. The maximum atomic E-state index is 12.6. The number of nitrogens with zero attached hydrogens (tertiary/aromatic N) is 4. The second kappa shape index (κ2) is 10.9. The van der Waals surface area contributed by atoms with Gasteiger partial charge in [0.25, 0.3) is 5.91 Å². The van der Waals surface area contributed by atoms with Gasteiger partial charge in [0.15, 0.2) is 5.82 Å². The molecule has 1 N–H and O–H groups in total. The average molecular weight is 446 g/mol. The zero-order valence-electron chi connectivity index (χ0n) is 19.3. The smallest absolute Gasteiger partial charge is 0.255 e. The topological polar surface area (TPSA) is 70.6 Å². The Morgan fingerprint density at radius 2 is 1.67 bits per heavy atom. The Balaban J connectivity index is 1.34. The first-order valence-electron chi connectivity index (χ1n) is 11.5. The van der Waals surface area contributed by atoms with Gasteiger partial charge < -0.3 is 19.9 Å². The summed E-state index contributed by atoms with van der Waals surface area (Å²) in [6.07, 6.45) is 2.11. The maximum Gasteiger partial charge on any atom is 0.255 e. The number of ether oxygens (including phenoxy) is 1. The number of hydrogen-bond acceptors (Lipinski definition) is 6. The monoisotopic (exact) mass is 445 g/mol. The van der Waals surface area contributed by atoms with Crippen molar-refractivity contribution in [2.24, 2.45) is 0 Å². The predicted molar refractivity (Wildman–Crippen MR) is 132 cm³/mol. The summed E-state index contributed by atoms with van der Waals surface area (Å²) in [5.41, 5.74) is 3.09. The van der Waals surface area contributed by atoms with Crippen LogP contribution in [0.5, 0.6) is 5.75 Å². The summed E-state index contributed by atoms with van der Waals surface area (Å²) in [5.74, 6) is 1.54. The lowest BCUT2D eigenvalue weighted by Crippen LogP contribution is -2.44. The summed E-state index contributed by atoms with van der Waals surface area (Å²) in [6, 6.07) is 18.9. The minimum absolute atomic E-state index is 0.154. The molecule has 2 heterocycles. The molecule has 33 heavy (non-hydrogen) atoms. The van der Waals surface area contributed by atoms with Gasteiger partial charge in [-0.15, -0.1) is 10.2 Å². The van der Waals surface area contributed by atoms with Crippen LogP contribution in [0.1, 0.15) is 30.1 Å². The van der Waals surface area contributed by atoms with Crippen molar-refractivity contribution in [2.75, 3.05) is 50.1 Å². The maximum absolute atomic E-state index is 12.6. The number of unbranched alkanes of at least 4 members (excludes halogenated alkanes) is 1. The molecule has 1 saturated heterocycles. The molecule has 1 amide bonds. The van der Waals surface area contributed by atoms with Crippen molar-refractivity contribution in [2.45, 2.75) is 19.8 Å². The second-order valence-electron chi connectivity index (χ2n) is 8.32. The number of anilines is 2. The van der Waals surface area contributed by atoms with E-state index in [-0.39, 0.29) is 5.91 Å². The van der Waals surface area contributed by atoms with Gasteiger partial charge in [0, 0.05) is 43.0 Å². The van der Waals surface area contributed by atoms with Gasteiger partial charge in [-0.2, -0.15) is 0 Å². The lowest BCUT2D eigenvalue weighted by Gasteiger charge is -2.32. The number of amides is 1. The van der Waals surface area contributed by atoms with Crippen molar-refractivity contribution in [1.82, 2.24) is 15.1 Å². The standard InChI is InChI=1S/C26H31N5O2/c1-3-4-19-33-23-11-7-21(8-12-23)26(32)27-22-9-5-20(6-10-22)24-13-14-25(29-28-24)31-17-15-30(2)16-18-31/h5-14H,3-4,15-19H2,1-2H3,(H,27,32). The number of aromatic nitrogens is 2. The fraction of sp³-hybridized carbons (Fsp3) is 0.346. The van der Waals surface area contributed by atoms with Crippen molar-refractivity contribution in [3.8, 4) is 17.0 Å². The number of likely N-dealkylation sites (N-methyl/N-ethyl adjacent to an activating group) is 1. The summed E-state index contributed by atoms with van der Waals surface area (Å²) in [7, 11) is 2.14. The largest absolute Gasteiger partial charge is 0.494 e. The molecular formula is C26H31N5O2. The van der Waals surface area contributed by atoms with Crippen LogP contribution in [-0.4, -0.2) is 60.8 Å². The normalized spacial score (nSPS) is 14.2. The van der Waals surface area contributed by atoms with Gasteiger partial charge in [0.2, 0.25) is 0 Å². The van der Waals surface area contributed by atoms with Crippen LogP contribution in [0.15, 0.2) is 60.7 Å². The fourth-order valence-corrected chi connectivity index (χ4v) is 3.65. The van der Waals surface area contributed by atoms with Crippen LogP contribution >= 0.6 is 0 Å². The van der Waals surface area contributed by atoms with Crippen LogP contribution in [0, 0.1) is 0 Å². The van der Waals surface area contributed by atoms with Crippen molar-refractivity contribution in [1.29, 1.82) is 0 Å². The van der Waals surface area contributed by atoms with E-state index in [4.69, 9.17) is 4.74 Å². The SMILES string of the molecule is CCCCOc1ccc(C(=O)Nc2ccc(-c3ccc(N4CCN(C)CC4)nn3)cc2)cc1. The molecule has 0 spiro atoms. The zero-order chi connectivity index (χ0) is 23.0. The zero-order valence-corrected chi connectivity index (χ0v) is 19.3. The molecule has 172 valence electrons. The minimum Gasteiger partial charge on any atom is -0.494 e. The molecule has 0 saturated carbocycles. The fourth-order valence-electron chi connectivity index (χ4n) is 3.65. The van der Waals surface area contributed by atoms with Crippen molar-refractivity contribution in [3.63, 3.8) is 0 Å². The molecule has 0 atom stereocenters. The van der Waals surface area contributed by atoms with E-state index < -0.39 is 0 Å². The van der Waals surface area contributed by atoms with E-state index in [1.807, 2.05) is 48.5 Å². The third-order valence-electron chi connectivity index (χ3n) is 5.80. The summed E-state index contributed by atoms with van der Waals surface area (Å²) >= 11 is 0. The Bertz CT molecular complexity index is 1030. The number of piperazine rings is 1. The van der Waals surface area contributed by atoms with E-state index in [1.54, 1.807) is 12.1 Å². The molecule has 0 aliphatic carbocycles. The van der Waals surface area contributed by atoms with Gasteiger partial charge in [0.05, 0.1) is 12.3 Å². The molecule has 1 aromatic heterocycles. The first-order chi connectivity index (χ1) is 16.1. The third kappa shape index (κ3) is 6.08. The van der Waals surface area contributed by atoms with E-state index in [1.165, 1.54) is 0 Å². The molecule has 1 aliphatic heterocycles. The van der Waals surface area contributed by atoms with E-state index in [2.05, 4.69) is 39.3 Å². The Kier molecular flexibility index (Phi) is 7.52. The highest BCUT2D eigenvalue weighted by atomic mass is 16.5. The van der Waals surface area contributed by atoms with Crippen LogP contribution in [0.3, 0.4) is 0 Å². The van der Waals surface area contributed by atoms with E-state index in [0.29, 0.717) is 12.2 Å². The van der Waals surface area contributed by atoms with Gasteiger partial charge in [-0.25, -0.2) is 0 Å². The van der Waals surface area contributed by atoms with Gasteiger partial charge in [-0.1, -0.05) is 25.5 Å². The summed E-state index contributed by atoms with van der Waals surface area (Å²) in [4.78, 5) is 17.1. The Hall–Kier alpha value is -3.45. The third-order valence-corrected chi connectivity index (χ3v) is 5.80. The number of benzene rings is 2. The molecule has 1 fully saturated rings. The minimum atomic E-state index is -0.154. The van der Waals surface area contributed by atoms with Gasteiger partial charge in [-0.3, -0.25) is 4.79 Å². The van der Waals surface area contributed by atoms with Crippen LogP contribution < -0.4 is 15.0 Å². The van der Waals surface area contributed by atoms with Crippen LogP contribution in [0.4, 0.5) is 11.5 Å². The van der Waals surface area contributed by atoms with E-state index >= 15 is 0 Å².